The predicted octanol–water partition coefficient (Wildman–Crippen LogP) is 6.13. The lowest BCUT2D eigenvalue weighted by molar-refractivity contribution is -0.144. The average Bonchev–Trinajstić information content (AvgIpc) is 2.74. The summed E-state index contributed by atoms with van der Waals surface area (Å²) in [6, 6.07) is 10.9. The van der Waals surface area contributed by atoms with Gasteiger partial charge in [0.1, 0.15) is 5.75 Å². The monoisotopic (exact) mass is 481 g/mol. The Morgan fingerprint density at radius 3 is 2.65 bits per heavy atom. The number of nitrogens with zero attached hydrogens (tertiary/aromatic N) is 1. The summed E-state index contributed by atoms with van der Waals surface area (Å²) in [6.07, 6.45) is 1.76. The Bertz CT molecular complexity index is 953. The van der Waals surface area contributed by atoms with Crippen LogP contribution < -0.4 is 9.64 Å². The summed E-state index contributed by atoms with van der Waals surface area (Å²) < 4.78 is 10.9. The minimum Gasteiger partial charge on any atom is -0.494 e. The molecule has 1 atom stereocenters. The van der Waals surface area contributed by atoms with Crippen molar-refractivity contribution in [3.63, 3.8) is 0 Å². The first-order chi connectivity index (χ1) is 14.9. The highest BCUT2D eigenvalue weighted by molar-refractivity contribution is 8.01. The van der Waals surface area contributed by atoms with Crippen LogP contribution in [0.5, 0.6) is 5.75 Å². The lowest BCUT2D eigenvalue weighted by Crippen LogP contribution is -2.41. The summed E-state index contributed by atoms with van der Waals surface area (Å²) in [5.74, 6) is 0.222. The number of benzene rings is 2. The highest BCUT2D eigenvalue weighted by atomic mass is 35.5. The van der Waals surface area contributed by atoms with E-state index in [2.05, 4.69) is 0 Å². The molecule has 0 aromatic heterocycles. The standard InChI is InChI=1S/C23H25Cl2NO4S/c1-3-5-10-30-22(27)13-21-23(28)26(14-15-6-8-17(24)18(25)11-15)19-9-7-16(29-4-2)12-20(19)31-21/h6-9,11-12,21H,3-5,10,13-14H2,1-2H3. The van der Waals surface area contributed by atoms with Gasteiger partial charge in [0.25, 0.3) is 0 Å². The molecule has 0 spiro atoms. The molecule has 3 rings (SSSR count). The Balaban J connectivity index is 1.87. The SMILES string of the molecule is CCCCOC(=O)CC1Sc2cc(OCC)ccc2N(Cc2ccc(Cl)c(Cl)c2)C1=O. The number of anilines is 1. The molecule has 0 radical (unpaired) electrons. The van der Waals surface area contributed by atoms with Crippen molar-refractivity contribution in [2.24, 2.45) is 0 Å². The van der Waals surface area contributed by atoms with Crippen molar-refractivity contribution >= 4 is 52.5 Å². The van der Waals surface area contributed by atoms with E-state index in [9.17, 15) is 9.59 Å². The fourth-order valence-electron chi connectivity index (χ4n) is 3.22. The highest BCUT2D eigenvalue weighted by Crippen LogP contribution is 2.43. The van der Waals surface area contributed by atoms with Crippen LogP contribution in [0.4, 0.5) is 5.69 Å². The van der Waals surface area contributed by atoms with Gasteiger partial charge in [0.15, 0.2) is 0 Å². The number of rotatable bonds is 9. The molecular formula is C23H25Cl2NO4S. The van der Waals surface area contributed by atoms with Gasteiger partial charge in [-0.05, 0) is 49.2 Å². The number of carbonyl (C=O) groups is 2. The first-order valence-electron chi connectivity index (χ1n) is 10.3. The number of esters is 1. The first kappa shape index (κ1) is 23.8. The summed E-state index contributed by atoms with van der Waals surface area (Å²) in [5.41, 5.74) is 1.62. The maximum Gasteiger partial charge on any atom is 0.307 e. The van der Waals surface area contributed by atoms with E-state index in [1.54, 1.807) is 17.0 Å². The van der Waals surface area contributed by atoms with E-state index in [1.807, 2.05) is 38.1 Å². The molecule has 0 bridgehead atoms. The molecule has 1 unspecified atom stereocenters. The second-order valence-electron chi connectivity index (χ2n) is 7.12. The van der Waals surface area contributed by atoms with Gasteiger partial charge in [-0.2, -0.15) is 0 Å². The van der Waals surface area contributed by atoms with Crippen LogP contribution in [0.2, 0.25) is 10.0 Å². The first-order valence-corrected chi connectivity index (χ1v) is 11.9. The average molecular weight is 482 g/mol. The van der Waals surface area contributed by atoms with Crippen LogP contribution in [-0.4, -0.2) is 30.3 Å². The number of unbranched alkanes of at least 4 members (excludes halogenated alkanes) is 1. The topological polar surface area (TPSA) is 55.8 Å². The van der Waals surface area contributed by atoms with E-state index in [1.165, 1.54) is 11.8 Å². The van der Waals surface area contributed by atoms with Crippen LogP contribution in [0.1, 0.15) is 38.7 Å². The van der Waals surface area contributed by atoms with Crippen LogP contribution in [-0.2, 0) is 20.9 Å². The van der Waals surface area contributed by atoms with Gasteiger partial charge in [-0.1, -0.05) is 42.6 Å². The molecule has 166 valence electrons. The summed E-state index contributed by atoms with van der Waals surface area (Å²) in [4.78, 5) is 28.2. The number of amides is 1. The van der Waals surface area contributed by atoms with Crippen molar-refractivity contribution in [1.82, 2.24) is 0 Å². The second kappa shape index (κ2) is 11.1. The quantitative estimate of drug-likeness (QED) is 0.318. The van der Waals surface area contributed by atoms with Crippen molar-refractivity contribution < 1.29 is 19.1 Å². The van der Waals surface area contributed by atoms with E-state index in [0.29, 0.717) is 29.8 Å². The molecule has 2 aromatic carbocycles. The van der Waals surface area contributed by atoms with Gasteiger partial charge in [0, 0.05) is 4.90 Å². The number of hydrogen-bond acceptors (Lipinski definition) is 5. The van der Waals surface area contributed by atoms with Crippen molar-refractivity contribution in [2.75, 3.05) is 18.1 Å². The van der Waals surface area contributed by atoms with E-state index in [-0.39, 0.29) is 18.3 Å². The molecule has 1 heterocycles. The van der Waals surface area contributed by atoms with Crippen molar-refractivity contribution in [3.05, 3.63) is 52.0 Å². The number of carbonyl (C=O) groups excluding carboxylic acids is 2. The maximum absolute atomic E-state index is 13.3. The third-order valence-corrected chi connectivity index (χ3v) is 6.75. The zero-order valence-corrected chi connectivity index (χ0v) is 19.9. The van der Waals surface area contributed by atoms with Gasteiger partial charge in [0.2, 0.25) is 5.91 Å². The largest absolute Gasteiger partial charge is 0.494 e. The number of halogens is 2. The number of ether oxygens (including phenoxy) is 2. The molecule has 0 aliphatic carbocycles. The Hall–Kier alpha value is -1.89. The normalized spacial score (nSPS) is 15.5. The lowest BCUT2D eigenvalue weighted by Gasteiger charge is -2.33. The van der Waals surface area contributed by atoms with Crippen LogP contribution in [0.15, 0.2) is 41.3 Å². The van der Waals surface area contributed by atoms with E-state index >= 15 is 0 Å². The van der Waals surface area contributed by atoms with Gasteiger partial charge < -0.3 is 14.4 Å². The minimum atomic E-state index is -0.568. The Labute approximate surface area is 197 Å². The molecule has 8 heteroatoms. The fourth-order valence-corrected chi connectivity index (χ4v) is 4.78. The Kier molecular flexibility index (Phi) is 8.52. The van der Waals surface area contributed by atoms with Gasteiger partial charge in [-0.25, -0.2) is 0 Å². The molecule has 1 aliphatic heterocycles. The van der Waals surface area contributed by atoms with Gasteiger partial charge in [-0.15, -0.1) is 11.8 Å². The van der Waals surface area contributed by atoms with Crippen LogP contribution in [0.25, 0.3) is 0 Å². The zero-order valence-electron chi connectivity index (χ0n) is 17.5. The summed E-state index contributed by atoms with van der Waals surface area (Å²) in [7, 11) is 0. The lowest BCUT2D eigenvalue weighted by atomic mass is 10.1. The van der Waals surface area contributed by atoms with Crippen molar-refractivity contribution in [3.8, 4) is 5.75 Å². The Morgan fingerprint density at radius 1 is 1.13 bits per heavy atom. The smallest absolute Gasteiger partial charge is 0.307 e. The number of hydrogen-bond donors (Lipinski definition) is 0. The molecule has 1 aliphatic rings. The maximum atomic E-state index is 13.3. The molecular weight excluding hydrogens is 457 g/mol. The van der Waals surface area contributed by atoms with E-state index < -0.39 is 5.25 Å². The molecule has 0 saturated heterocycles. The van der Waals surface area contributed by atoms with Crippen LogP contribution in [0, 0.1) is 0 Å². The van der Waals surface area contributed by atoms with Crippen LogP contribution >= 0.6 is 35.0 Å². The highest BCUT2D eigenvalue weighted by Gasteiger charge is 2.35. The number of fused-ring (bicyclic) bond motifs is 1. The minimum absolute atomic E-state index is 0.0173. The molecule has 31 heavy (non-hydrogen) atoms. The third kappa shape index (κ3) is 6.09. The zero-order chi connectivity index (χ0) is 22.4. The molecule has 2 aromatic rings. The van der Waals surface area contributed by atoms with Gasteiger partial charge >= 0.3 is 5.97 Å². The fraction of sp³-hybridized carbons (Fsp3) is 0.391. The van der Waals surface area contributed by atoms with E-state index in [4.69, 9.17) is 32.7 Å². The summed E-state index contributed by atoms with van der Waals surface area (Å²) >= 11 is 13.6. The van der Waals surface area contributed by atoms with Gasteiger partial charge in [-0.3, -0.25) is 9.59 Å². The molecule has 0 fully saturated rings. The number of thioether (sulfide) groups is 1. The predicted molar refractivity (Wildman–Crippen MR) is 125 cm³/mol. The molecule has 5 nitrogen and oxygen atoms in total. The molecule has 0 N–H and O–H groups in total. The van der Waals surface area contributed by atoms with Crippen molar-refractivity contribution in [2.45, 2.75) is 49.8 Å². The summed E-state index contributed by atoms with van der Waals surface area (Å²) in [6.45, 7) is 5.18. The summed E-state index contributed by atoms with van der Waals surface area (Å²) in [5, 5.41) is 0.322. The van der Waals surface area contributed by atoms with Crippen molar-refractivity contribution in [1.29, 1.82) is 0 Å². The molecule has 0 saturated carbocycles. The molecule has 1 amide bonds. The van der Waals surface area contributed by atoms with Crippen LogP contribution in [0.3, 0.4) is 0 Å². The van der Waals surface area contributed by atoms with Gasteiger partial charge in [0.05, 0.1) is 47.2 Å². The van der Waals surface area contributed by atoms with E-state index in [0.717, 1.165) is 34.7 Å². The third-order valence-electron chi connectivity index (χ3n) is 4.78. The second-order valence-corrected chi connectivity index (χ2v) is 9.18. The Morgan fingerprint density at radius 2 is 1.94 bits per heavy atom.